The molecule has 6 aromatic carbocycles. The molecule has 0 radical (unpaired) electrons. The maximum Gasteiger partial charge on any atom is 0.347 e. The molecule has 6 rings (SSSR count). The Morgan fingerprint density at radius 1 is 0.292 bits per heavy atom. The van der Waals surface area contributed by atoms with Crippen molar-refractivity contribution in [2.45, 2.75) is 79.1 Å². The third-order valence-corrected chi connectivity index (χ3v) is 10.5. The third kappa shape index (κ3) is 16.9. The molecule has 0 bridgehead atoms. The molecule has 378 valence electrons. The van der Waals surface area contributed by atoms with Gasteiger partial charge in [0.1, 0.15) is 68.6 Å². The summed E-state index contributed by atoms with van der Waals surface area (Å²) in [6.07, 6.45) is 6.01. The van der Waals surface area contributed by atoms with Crippen molar-refractivity contribution < 1.29 is 66.5 Å². The molecule has 0 saturated heterocycles. The second-order valence-corrected chi connectivity index (χ2v) is 16.4. The summed E-state index contributed by atoms with van der Waals surface area (Å²) in [5.41, 5.74) is 0.586. The molecular weight excluding hydrogens is 921 g/mol. The lowest BCUT2D eigenvalue weighted by molar-refractivity contribution is 0.0715. The molecule has 0 aliphatic rings. The van der Waals surface area contributed by atoms with Gasteiger partial charge in [0, 0.05) is 0 Å². The first-order valence-electron chi connectivity index (χ1n) is 24.5. The summed E-state index contributed by atoms with van der Waals surface area (Å²) in [7, 11) is 0. The van der Waals surface area contributed by atoms with Gasteiger partial charge in [-0.15, -0.1) is 0 Å². The Hall–Kier alpha value is -8.00. The van der Waals surface area contributed by atoms with Gasteiger partial charge >= 0.3 is 23.9 Å². The average Bonchev–Trinajstić information content (AvgIpc) is 3.40. The molecule has 14 nitrogen and oxygen atoms in total. The molecule has 0 N–H and O–H groups in total. The van der Waals surface area contributed by atoms with Crippen LogP contribution in [0, 0.1) is 0 Å². The van der Waals surface area contributed by atoms with E-state index in [0.29, 0.717) is 98.1 Å². The Morgan fingerprint density at radius 3 is 0.833 bits per heavy atom. The molecule has 14 heteroatoms. The average molecular weight is 983 g/mol. The summed E-state index contributed by atoms with van der Waals surface area (Å²) in [4.78, 5) is 53.7. The maximum absolute atomic E-state index is 13.5. The van der Waals surface area contributed by atoms with Gasteiger partial charge in [0.15, 0.2) is 0 Å². The van der Waals surface area contributed by atoms with E-state index in [-0.39, 0.29) is 47.0 Å². The van der Waals surface area contributed by atoms with Crippen LogP contribution in [-0.4, -0.2) is 63.5 Å². The van der Waals surface area contributed by atoms with E-state index >= 15 is 0 Å². The van der Waals surface area contributed by atoms with Crippen LogP contribution in [0.3, 0.4) is 0 Å². The SMILES string of the molecule is CCCOc1ccc(OC(=O)c2ccc(C(=O)Oc3ccc(OCCC)cc3)c(OCCCCCCOc3cc(C(=O)Oc4ccc(OCCC)cc4)ccc3C(=O)Oc3ccc(OCCC)cc3)c2)cc1. The first kappa shape index (κ1) is 53.4. The van der Waals surface area contributed by atoms with E-state index in [0.717, 1.165) is 25.7 Å². The predicted molar refractivity (Wildman–Crippen MR) is 271 cm³/mol. The topological polar surface area (TPSA) is 161 Å². The Kier molecular flexibility index (Phi) is 21.2. The van der Waals surface area contributed by atoms with E-state index in [2.05, 4.69) is 0 Å². The number of hydrogen-bond donors (Lipinski definition) is 0. The second kappa shape index (κ2) is 28.6. The van der Waals surface area contributed by atoms with Crippen molar-refractivity contribution in [3.8, 4) is 57.5 Å². The normalized spacial score (nSPS) is 10.7. The third-order valence-electron chi connectivity index (χ3n) is 10.5. The number of hydrogen-bond acceptors (Lipinski definition) is 14. The van der Waals surface area contributed by atoms with Crippen LogP contribution >= 0.6 is 0 Å². The summed E-state index contributed by atoms with van der Waals surface area (Å²) in [6.45, 7) is 10.7. The Morgan fingerprint density at radius 2 is 0.556 bits per heavy atom. The lowest BCUT2D eigenvalue weighted by Gasteiger charge is -2.14. The van der Waals surface area contributed by atoms with Crippen LogP contribution < -0.4 is 47.4 Å². The fourth-order valence-corrected chi connectivity index (χ4v) is 6.75. The van der Waals surface area contributed by atoms with E-state index < -0.39 is 23.9 Å². The van der Waals surface area contributed by atoms with Gasteiger partial charge in [0.25, 0.3) is 0 Å². The Labute approximate surface area is 421 Å². The van der Waals surface area contributed by atoms with Gasteiger partial charge in [-0.2, -0.15) is 0 Å². The molecule has 0 heterocycles. The highest BCUT2D eigenvalue weighted by Crippen LogP contribution is 2.29. The fraction of sp³-hybridized carbons (Fsp3) is 0.310. The van der Waals surface area contributed by atoms with Gasteiger partial charge < -0.3 is 47.4 Å². The zero-order valence-electron chi connectivity index (χ0n) is 41.3. The van der Waals surface area contributed by atoms with Crippen LogP contribution in [0.5, 0.6) is 57.5 Å². The molecule has 0 amide bonds. The lowest BCUT2D eigenvalue weighted by atomic mass is 10.1. The van der Waals surface area contributed by atoms with E-state index in [4.69, 9.17) is 47.4 Å². The summed E-state index contributed by atoms with van der Waals surface area (Å²) in [5.74, 6) is 1.58. The minimum atomic E-state index is -0.672. The van der Waals surface area contributed by atoms with E-state index in [9.17, 15) is 19.2 Å². The monoisotopic (exact) mass is 982 g/mol. The van der Waals surface area contributed by atoms with Gasteiger partial charge in [-0.3, -0.25) is 0 Å². The van der Waals surface area contributed by atoms with Crippen molar-refractivity contribution in [1.29, 1.82) is 0 Å². The number of benzene rings is 6. The van der Waals surface area contributed by atoms with Gasteiger partial charge in [0.05, 0.1) is 50.8 Å². The number of unbranched alkanes of at least 4 members (excludes halogenated alkanes) is 3. The predicted octanol–water partition coefficient (Wildman–Crippen LogP) is 12.7. The van der Waals surface area contributed by atoms with Crippen LogP contribution in [0.4, 0.5) is 0 Å². The van der Waals surface area contributed by atoms with Crippen molar-refractivity contribution >= 4 is 23.9 Å². The highest BCUT2D eigenvalue weighted by Gasteiger charge is 2.22. The van der Waals surface area contributed by atoms with Crippen LogP contribution in [0.15, 0.2) is 133 Å². The largest absolute Gasteiger partial charge is 0.494 e. The molecule has 0 unspecified atom stereocenters. The Bertz CT molecular complexity index is 2460. The molecule has 0 aliphatic heterocycles. The van der Waals surface area contributed by atoms with Crippen LogP contribution in [0.25, 0.3) is 0 Å². The van der Waals surface area contributed by atoms with E-state index in [1.165, 1.54) is 36.4 Å². The number of ether oxygens (including phenoxy) is 10. The highest BCUT2D eigenvalue weighted by molar-refractivity contribution is 5.98. The quantitative estimate of drug-likeness (QED) is 0.0248. The van der Waals surface area contributed by atoms with E-state index in [1.807, 2.05) is 27.7 Å². The summed E-state index contributed by atoms with van der Waals surface area (Å²) in [6, 6.07) is 35.8. The molecule has 6 aromatic rings. The standard InChI is InChI=1S/C58H62O14/c1-5-33-63-43-15-23-47(24-16-43)69-55(59)41-13-31-51(57(61)71-49-27-19-45(20-28-49)65-35-7-3)53(39-41)67-37-11-9-10-12-38-68-54-40-42(56(60)70-48-25-17-44(18-26-48)64-34-6-2)14-32-52(54)58(62)72-50-29-21-46(22-30-50)66-36-8-4/h13-32,39-40H,5-12,33-38H2,1-4H3. The summed E-state index contributed by atoms with van der Waals surface area (Å²) in [5, 5.41) is 0. The molecule has 0 spiro atoms. The summed E-state index contributed by atoms with van der Waals surface area (Å²) >= 11 is 0. The van der Waals surface area contributed by atoms with Gasteiger partial charge in [0.2, 0.25) is 0 Å². The molecule has 72 heavy (non-hydrogen) atoms. The van der Waals surface area contributed by atoms with Crippen molar-refractivity contribution in [2.24, 2.45) is 0 Å². The van der Waals surface area contributed by atoms with Crippen molar-refractivity contribution in [2.75, 3.05) is 39.6 Å². The minimum absolute atomic E-state index is 0.122. The zero-order chi connectivity index (χ0) is 50.9. The van der Waals surface area contributed by atoms with Gasteiger partial charge in [-0.1, -0.05) is 27.7 Å². The van der Waals surface area contributed by atoms with Gasteiger partial charge in [-0.25, -0.2) is 19.2 Å². The summed E-state index contributed by atoms with van der Waals surface area (Å²) < 4.78 is 57.5. The number of carbonyl (C=O) groups excluding carboxylic acids is 4. The minimum Gasteiger partial charge on any atom is -0.494 e. The maximum atomic E-state index is 13.5. The highest BCUT2D eigenvalue weighted by atomic mass is 16.6. The Balaban J connectivity index is 1.08. The molecule has 0 atom stereocenters. The van der Waals surface area contributed by atoms with E-state index in [1.54, 1.807) is 97.1 Å². The first-order chi connectivity index (χ1) is 35.2. The fourth-order valence-electron chi connectivity index (χ4n) is 6.75. The lowest BCUT2D eigenvalue weighted by Crippen LogP contribution is -2.14. The van der Waals surface area contributed by atoms with Crippen molar-refractivity contribution in [3.05, 3.63) is 156 Å². The van der Waals surface area contributed by atoms with Crippen LogP contribution in [0.2, 0.25) is 0 Å². The van der Waals surface area contributed by atoms with Gasteiger partial charge in [-0.05, 0) is 185 Å². The van der Waals surface area contributed by atoms with Crippen LogP contribution in [-0.2, 0) is 0 Å². The van der Waals surface area contributed by atoms with Crippen LogP contribution in [0.1, 0.15) is 120 Å². The molecule has 0 aromatic heterocycles. The van der Waals surface area contributed by atoms with Crippen molar-refractivity contribution in [1.82, 2.24) is 0 Å². The number of rotatable bonds is 29. The molecule has 0 saturated carbocycles. The smallest absolute Gasteiger partial charge is 0.347 e. The molecule has 0 fully saturated rings. The molecule has 0 aliphatic carbocycles. The molecular formula is C58H62O14. The van der Waals surface area contributed by atoms with Crippen molar-refractivity contribution in [3.63, 3.8) is 0 Å². The first-order valence-corrected chi connectivity index (χ1v) is 24.5. The number of esters is 4. The second-order valence-electron chi connectivity index (χ2n) is 16.4. The number of carbonyl (C=O) groups is 4. The zero-order valence-corrected chi connectivity index (χ0v) is 41.3.